The van der Waals surface area contributed by atoms with E-state index >= 15 is 0 Å². The first-order valence-corrected chi connectivity index (χ1v) is 8.64. The molecule has 0 radical (unpaired) electrons. The van der Waals surface area contributed by atoms with Crippen molar-refractivity contribution in [2.45, 2.75) is 40.3 Å². The topological polar surface area (TPSA) is 39.8 Å². The summed E-state index contributed by atoms with van der Waals surface area (Å²) >= 11 is 1.78. The molecule has 0 saturated carbocycles. The standard InChI is InChI=1S/C18H21N3OS/c1-13-10-19-20(11-13)12-18(22)17-9-14(2)21(15(17)3)7-6-16-5-4-8-23-16/h4-5,8-11H,6-7,12H2,1-3H3. The molecule has 3 heterocycles. The molecule has 0 aliphatic heterocycles. The molecule has 120 valence electrons. The molecule has 0 saturated heterocycles. The van der Waals surface area contributed by atoms with Crippen LogP contribution in [0.25, 0.3) is 0 Å². The molecule has 23 heavy (non-hydrogen) atoms. The number of aromatic nitrogens is 3. The third-order valence-electron chi connectivity index (χ3n) is 4.10. The van der Waals surface area contributed by atoms with E-state index in [1.807, 2.05) is 26.1 Å². The summed E-state index contributed by atoms with van der Waals surface area (Å²) in [4.78, 5) is 13.9. The van der Waals surface area contributed by atoms with Gasteiger partial charge >= 0.3 is 0 Å². The second-order valence-electron chi connectivity index (χ2n) is 5.90. The second-order valence-corrected chi connectivity index (χ2v) is 6.94. The van der Waals surface area contributed by atoms with E-state index in [0.29, 0.717) is 6.54 Å². The summed E-state index contributed by atoms with van der Waals surface area (Å²) in [5.74, 6) is 0.114. The molecule has 0 atom stereocenters. The summed E-state index contributed by atoms with van der Waals surface area (Å²) in [6.07, 6.45) is 4.67. The Balaban J connectivity index is 1.75. The van der Waals surface area contributed by atoms with Crippen molar-refractivity contribution in [3.63, 3.8) is 0 Å². The van der Waals surface area contributed by atoms with Gasteiger partial charge < -0.3 is 4.57 Å². The largest absolute Gasteiger partial charge is 0.348 e. The maximum atomic E-state index is 12.6. The van der Waals surface area contributed by atoms with E-state index < -0.39 is 0 Å². The molecule has 3 aromatic heterocycles. The van der Waals surface area contributed by atoms with Crippen LogP contribution in [-0.2, 0) is 19.5 Å². The zero-order valence-corrected chi connectivity index (χ0v) is 14.6. The minimum Gasteiger partial charge on any atom is -0.348 e. The number of carbonyl (C=O) groups excluding carboxylic acids is 1. The van der Waals surface area contributed by atoms with E-state index in [9.17, 15) is 4.79 Å². The van der Waals surface area contributed by atoms with Crippen LogP contribution in [0, 0.1) is 20.8 Å². The highest BCUT2D eigenvalue weighted by atomic mass is 32.1. The SMILES string of the molecule is Cc1cnn(CC(=O)c2cc(C)n(CCc3cccs3)c2C)c1. The van der Waals surface area contributed by atoms with Gasteiger partial charge in [0.05, 0.1) is 6.20 Å². The lowest BCUT2D eigenvalue weighted by Crippen LogP contribution is -2.12. The van der Waals surface area contributed by atoms with Gasteiger partial charge in [0.1, 0.15) is 6.54 Å². The minimum absolute atomic E-state index is 0.114. The summed E-state index contributed by atoms with van der Waals surface area (Å²) in [5.41, 5.74) is 4.06. The van der Waals surface area contributed by atoms with E-state index in [-0.39, 0.29) is 5.78 Å². The Morgan fingerprint density at radius 1 is 1.30 bits per heavy atom. The fourth-order valence-corrected chi connectivity index (χ4v) is 3.59. The summed E-state index contributed by atoms with van der Waals surface area (Å²) in [6, 6.07) is 6.24. The summed E-state index contributed by atoms with van der Waals surface area (Å²) < 4.78 is 3.94. The molecule has 4 nitrogen and oxygen atoms in total. The number of thiophene rings is 1. The van der Waals surface area contributed by atoms with Crippen LogP contribution < -0.4 is 0 Å². The van der Waals surface area contributed by atoms with E-state index in [2.05, 4.69) is 34.1 Å². The minimum atomic E-state index is 0.114. The Morgan fingerprint density at radius 3 is 2.78 bits per heavy atom. The highest BCUT2D eigenvalue weighted by molar-refractivity contribution is 7.09. The lowest BCUT2D eigenvalue weighted by molar-refractivity contribution is 0.0967. The molecule has 0 fully saturated rings. The quantitative estimate of drug-likeness (QED) is 0.646. The highest BCUT2D eigenvalue weighted by Crippen LogP contribution is 2.18. The van der Waals surface area contributed by atoms with Crippen molar-refractivity contribution in [2.24, 2.45) is 0 Å². The molecule has 0 spiro atoms. The number of rotatable bonds is 6. The first-order valence-electron chi connectivity index (χ1n) is 7.76. The molecule has 5 heteroatoms. The van der Waals surface area contributed by atoms with Crippen LogP contribution in [0.2, 0.25) is 0 Å². The van der Waals surface area contributed by atoms with Crippen molar-refractivity contribution >= 4 is 17.1 Å². The first kappa shape index (κ1) is 15.7. The monoisotopic (exact) mass is 327 g/mol. The van der Waals surface area contributed by atoms with Gasteiger partial charge in [-0.25, -0.2) is 0 Å². The van der Waals surface area contributed by atoms with Crippen LogP contribution >= 0.6 is 11.3 Å². The lowest BCUT2D eigenvalue weighted by atomic mass is 10.1. The number of carbonyl (C=O) groups is 1. The maximum absolute atomic E-state index is 12.6. The zero-order valence-electron chi connectivity index (χ0n) is 13.7. The molecule has 0 N–H and O–H groups in total. The Kier molecular flexibility index (Phi) is 4.48. The van der Waals surface area contributed by atoms with Crippen molar-refractivity contribution in [1.82, 2.24) is 14.3 Å². The summed E-state index contributed by atoms with van der Waals surface area (Å²) in [6.45, 7) is 7.28. The van der Waals surface area contributed by atoms with Crippen molar-refractivity contribution < 1.29 is 4.79 Å². The van der Waals surface area contributed by atoms with Gasteiger partial charge in [0, 0.05) is 34.6 Å². The fourth-order valence-electron chi connectivity index (χ4n) is 2.89. The molecule has 3 rings (SSSR count). The molecule has 3 aromatic rings. The van der Waals surface area contributed by atoms with Crippen LogP contribution in [0.5, 0.6) is 0 Å². The number of hydrogen-bond acceptors (Lipinski definition) is 3. The Morgan fingerprint density at radius 2 is 2.13 bits per heavy atom. The molecule has 0 aliphatic rings. The normalized spacial score (nSPS) is 11.1. The van der Waals surface area contributed by atoms with Gasteiger partial charge in [-0.05, 0) is 50.3 Å². The van der Waals surface area contributed by atoms with E-state index in [0.717, 1.165) is 35.5 Å². The van der Waals surface area contributed by atoms with Crippen molar-refractivity contribution in [1.29, 1.82) is 0 Å². The zero-order chi connectivity index (χ0) is 16.4. The van der Waals surface area contributed by atoms with Gasteiger partial charge in [0.2, 0.25) is 0 Å². The van der Waals surface area contributed by atoms with Crippen LogP contribution in [0.4, 0.5) is 0 Å². The van der Waals surface area contributed by atoms with Crippen LogP contribution in [0.3, 0.4) is 0 Å². The van der Waals surface area contributed by atoms with Gasteiger partial charge in [-0.2, -0.15) is 5.10 Å². The second kappa shape index (κ2) is 6.54. The number of Topliss-reactive ketones (excluding diaryl/α,β-unsaturated/α-hetero) is 1. The third kappa shape index (κ3) is 3.45. The average molecular weight is 327 g/mol. The Hall–Kier alpha value is -2.14. The fraction of sp³-hybridized carbons (Fsp3) is 0.333. The van der Waals surface area contributed by atoms with Gasteiger partial charge in [0.15, 0.2) is 5.78 Å². The number of hydrogen-bond donors (Lipinski definition) is 0. The predicted molar refractivity (Wildman–Crippen MR) is 93.2 cm³/mol. The summed E-state index contributed by atoms with van der Waals surface area (Å²) in [5, 5.41) is 6.30. The van der Waals surface area contributed by atoms with Gasteiger partial charge in [-0.15, -0.1) is 11.3 Å². The van der Waals surface area contributed by atoms with E-state index in [1.165, 1.54) is 4.88 Å². The lowest BCUT2D eigenvalue weighted by Gasteiger charge is -2.09. The van der Waals surface area contributed by atoms with Gasteiger partial charge in [-0.1, -0.05) is 6.07 Å². The Bertz CT molecular complexity index is 812. The van der Waals surface area contributed by atoms with Crippen LogP contribution in [0.15, 0.2) is 36.0 Å². The van der Waals surface area contributed by atoms with Crippen molar-refractivity contribution in [2.75, 3.05) is 0 Å². The van der Waals surface area contributed by atoms with E-state index in [4.69, 9.17) is 0 Å². The van der Waals surface area contributed by atoms with Gasteiger partial charge in [0.25, 0.3) is 0 Å². The Labute approximate surface area is 140 Å². The third-order valence-corrected chi connectivity index (χ3v) is 5.04. The number of aryl methyl sites for hydroxylation is 3. The average Bonchev–Trinajstić information content (AvgIpc) is 3.21. The molecule has 0 aliphatic carbocycles. The van der Waals surface area contributed by atoms with Crippen LogP contribution in [0.1, 0.15) is 32.2 Å². The molecule has 0 bridgehead atoms. The highest BCUT2D eigenvalue weighted by Gasteiger charge is 2.16. The van der Waals surface area contributed by atoms with Gasteiger partial charge in [-0.3, -0.25) is 9.48 Å². The number of ketones is 1. The summed E-state index contributed by atoms with van der Waals surface area (Å²) in [7, 11) is 0. The van der Waals surface area contributed by atoms with E-state index in [1.54, 1.807) is 22.2 Å². The predicted octanol–water partition coefficient (Wildman–Crippen LogP) is 3.80. The number of nitrogens with zero attached hydrogens (tertiary/aromatic N) is 3. The molecule has 0 aromatic carbocycles. The van der Waals surface area contributed by atoms with Crippen LogP contribution in [-0.4, -0.2) is 20.1 Å². The molecular weight excluding hydrogens is 306 g/mol. The van der Waals surface area contributed by atoms with Crippen molar-refractivity contribution in [3.8, 4) is 0 Å². The first-order chi connectivity index (χ1) is 11.0. The maximum Gasteiger partial charge on any atom is 0.186 e. The molecule has 0 amide bonds. The van der Waals surface area contributed by atoms with Crippen molar-refractivity contribution in [3.05, 3.63) is 63.4 Å². The molecular formula is C18H21N3OS. The molecule has 0 unspecified atom stereocenters. The smallest absolute Gasteiger partial charge is 0.186 e.